The molecule has 134 valence electrons. The first-order valence-corrected chi connectivity index (χ1v) is 8.45. The first-order chi connectivity index (χ1) is 12.3. The SMILES string of the molecule is O=c1cc(Nc2ccc([N+](=O)[O-])cc2Cl)[nH]n1-c1c(Cl)cc(Cl)cc1Cl. The number of non-ortho nitro benzene ring substituents is 1. The summed E-state index contributed by atoms with van der Waals surface area (Å²) < 4.78 is 1.14. The fourth-order valence-corrected chi connectivity index (χ4v) is 3.45. The van der Waals surface area contributed by atoms with Crippen LogP contribution < -0.4 is 10.9 Å². The van der Waals surface area contributed by atoms with E-state index in [1.807, 2.05) is 0 Å². The number of nitrogens with zero attached hydrogens (tertiary/aromatic N) is 2. The molecule has 11 heteroatoms. The van der Waals surface area contributed by atoms with E-state index in [1.54, 1.807) is 0 Å². The Morgan fingerprint density at radius 2 is 1.65 bits per heavy atom. The Balaban J connectivity index is 1.97. The molecule has 0 spiro atoms. The molecule has 1 aromatic heterocycles. The maximum absolute atomic E-state index is 12.3. The van der Waals surface area contributed by atoms with E-state index in [9.17, 15) is 14.9 Å². The molecule has 0 radical (unpaired) electrons. The lowest BCUT2D eigenvalue weighted by Crippen LogP contribution is -2.14. The standard InChI is InChI=1S/C15H8Cl4N4O3/c16-7-3-10(18)15(11(19)4-7)22-14(24)6-13(21-22)20-12-2-1-8(23(25)26)5-9(12)17/h1-6,20-21H. The van der Waals surface area contributed by atoms with E-state index < -0.39 is 10.5 Å². The Hall–Kier alpha value is -2.19. The molecular weight excluding hydrogens is 426 g/mol. The quantitative estimate of drug-likeness (QED) is 0.423. The topological polar surface area (TPSA) is 93.0 Å². The lowest BCUT2D eigenvalue weighted by Gasteiger charge is -2.09. The van der Waals surface area contributed by atoms with Gasteiger partial charge in [0.1, 0.15) is 11.5 Å². The van der Waals surface area contributed by atoms with Crippen LogP contribution in [0.2, 0.25) is 20.1 Å². The van der Waals surface area contributed by atoms with Crippen molar-refractivity contribution < 1.29 is 4.92 Å². The number of anilines is 2. The minimum absolute atomic E-state index is 0.121. The number of rotatable bonds is 4. The molecule has 0 atom stereocenters. The van der Waals surface area contributed by atoms with Gasteiger partial charge in [-0.3, -0.25) is 20.0 Å². The molecule has 0 aliphatic heterocycles. The van der Waals surface area contributed by atoms with Crippen molar-refractivity contribution in [3.05, 3.63) is 77.0 Å². The van der Waals surface area contributed by atoms with E-state index in [0.29, 0.717) is 10.7 Å². The highest BCUT2D eigenvalue weighted by Gasteiger charge is 2.15. The van der Waals surface area contributed by atoms with Crippen LogP contribution in [0.15, 0.2) is 41.2 Å². The molecule has 3 aromatic rings. The van der Waals surface area contributed by atoms with Crippen LogP contribution in [-0.4, -0.2) is 14.7 Å². The molecular formula is C15H8Cl4N4O3. The van der Waals surface area contributed by atoms with Crippen molar-refractivity contribution in [2.24, 2.45) is 0 Å². The molecule has 0 saturated carbocycles. The maximum atomic E-state index is 12.3. The normalized spacial score (nSPS) is 10.8. The number of H-pyrrole nitrogens is 1. The molecule has 1 heterocycles. The summed E-state index contributed by atoms with van der Waals surface area (Å²) in [6, 6.07) is 8.09. The molecule has 0 aliphatic carbocycles. The highest BCUT2D eigenvalue weighted by molar-refractivity contribution is 6.40. The number of nitrogens with one attached hydrogen (secondary N) is 2. The van der Waals surface area contributed by atoms with Gasteiger partial charge in [0.15, 0.2) is 0 Å². The summed E-state index contributed by atoms with van der Waals surface area (Å²) in [5.74, 6) is 0.285. The van der Waals surface area contributed by atoms with Crippen LogP contribution in [0.1, 0.15) is 0 Å². The number of nitro benzene ring substituents is 1. The number of hydrogen-bond acceptors (Lipinski definition) is 4. The van der Waals surface area contributed by atoms with E-state index in [2.05, 4.69) is 10.4 Å². The molecule has 7 nitrogen and oxygen atoms in total. The minimum Gasteiger partial charge on any atom is -0.339 e. The van der Waals surface area contributed by atoms with Gasteiger partial charge in [-0.15, -0.1) is 0 Å². The highest BCUT2D eigenvalue weighted by Crippen LogP contribution is 2.32. The van der Waals surface area contributed by atoms with Crippen molar-refractivity contribution in [2.45, 2.75) is 0 Å². The summed E-state index contributed by atoms with van der Waals surface area (Å²) in [4.78, 5) is 22.5. The van der Waals surface area contributed by atoms with Gasteiger partial charge in [0.05, 0.1) is 25.7 Å². The molecule has 0 unspecified atom stereocenters. The minimum atomic E-state index is -0.557. The lowest BCUT2D eigenvalue weighted by molar-refractivity contribution is -0.384. The van der Waals surface area contributed by atoms with E-state index in [1.165, 1.54) is 36.4 Å². The van der Waals surface area contributed by atoms with Crippen LogP contribution in [-0.2, 0) is 0 Å². The molecule has 2 aromatic carbocycles. The van der Waals surface area contributed by atoms with Crippen molar-refractivity contribution in [2.75, 3.05) is 5.32 Å². The zero-order chi connectivity index (χ0) is 19.0. The average Bonchev–Trinajstić information content (AvgIpc) is 2.88. The second-order valence-electron chi connectivity index (χ2n) is 5.11. The van der Waals surface area contributed by atoms with Crippen LogP contribution in [0, 0.1) is 10.1 Å². The van der Waals surface area contributed by atoms with E-state index in [-0.39, 0.29) is 32.3 Å². The Kier molecular flexibility index (Phi) is 5.15. The van der Waals surface area contributed by atoms with Crippen molar-refractivity contribution in [3.8, 4) is 5.69 Å². The first kappa shape index (κ1) is 18.6. The van der Waals surface area contributed by atoms with Gasteiger partial charge in [-0.25, -0.2) is 4.68 Å². The molecule has 0 aliphatic rings. The number of benzene rings is 2. The summed E-state index contributed by atoms with van der Waals surface area (Å²) in [7, 11) is 0. The predicted octanol–water partition coefficient (Wildman–Crippen LogP) is 5.43. The predicted molar refractivity (Wildman–Crippen MR) is 103 cm³/mol. The summed E-state index contributed by atoms with van der Waals surface area (Å²) in [5.41, 5.74) is 0.0348. The van der Waals surface area contributed by atoms with Crippen LogP contribution in [0.5, 0.6) is 0 Å². The Morgan fingerprint density at radius 1 is 1.00 bits per heavy atom. The number of halogens is 4. The number of hydrogen-bond donors (Lipinski definition) is 2. The van der Waals surface area contributed by atoms with Crippen LogP contribution in [0.4, 0.5) is 17.2 Å². The van der Waals surface area contributed by atoms with E-state index >= 15 is 0 Å². The molecule has 0 fully saturated rings. The van der Waals surface area contributed by atoms with Gasteiger partial charge in [0.25, 0.3) is 11.2 Å². The molecule has 3 rings (SSSR count). The molecule has 0 bridgehead atoms. The van der Waals surface area contributed by atoms with Gasteiger partial charge in [0.2, 0.25) is 0 Å². The van der Waals surface area contributed by atoms with Gasteiger partial charge < -0.3 is 5.32 Å². The zero-order valence-corrected chi connectivity index (χ0v) is 15.6. The number of nitro groups is 1. The lowest BCUT2D eigenvalue weighted by atomic mass is 10.3. The van der Waals surface area contributed by atoms with Crippen LogP contribution >= 0.6 is 46.4 Å². The summed E-state index contributed by atoms with van der Waals surface area (Å²) in [6.45, 7) is 0. The van der Waals surface area contributed by atoms with Crippen LogP contribution in [0.3, 0.4) is 0 Å². The molecule has 26 heavy (non-hydrogen) atoms. The second-order valence-corrected chi connectivity index (χ2v) is 6.77. The Bertz CT molecular complexity index is 1050. The summed E-state index contributed by atoms with van der Waals surface area (Å²) in [6.07, 6.45) is 0. The monoisotopic (exact) mass is 432 g/mol. The van der Waals surface area contributed by atoms with Gasteiger partial charge in [0, 0.05) is 23.2 Å². The number of aromatic amines is 1. The molecule has 0 amide bonds. The highest BCUT2D eigenvalue weighted by atomic mass is 35.5. The number of aromatic nitrogens is 2. The third-order valence-electron chi connectivity index (χ3n) is 3.36. The fraction of sp³-hybridized carbons (Fsp3) is 0. The van der Waals surface area contributed by atoms with Gasteiger partial charge in [-0.1, -0.05) is 46.4 Å². The fourth-order valence-electron chi connectivity index (χ4n) is 2.24. The van der Waals surface area contributed by atoms with Crippen molar-refractivity contribution >= 4 is 63.6 Å². The van der Waals surface area contributed by atoms with Crippen molar-refractivity contribution in [1.82, 2.24) is 9.78 Å². The van der Waals surface area contributed by atoms with Crippen molar-refractivity contribution in [3.63, 3.8) is 0 Å². The summed E-state index contributed by atoms with van der Waals surface area (Å²) in [5, 5.41) is 17.3. The van der Waals surface area contributed by atoms with E-state index in [0.717, 1.165) is 4.68 Å². The third kappa shape index (κ3) is 3.66. The van der Waals surface area contributed by atoms with Gasteiger partial charge in [-0.05, 0) is 18.2 Å². The smallest absolute Gasteiger partial charge is 0.273 e. The van der Waals surface area contributed by atoms with E-state index in [4.69, 9.17) is 46.4 Å². The second kappa shape index (κ2) is 7.20. The average molecular weight is 434 g/mol. The van der Waals surface area contributed by atoms with Gasteiger partial charge in [-0.2, -0.15) is 0 Å². The summed E-state index contributed by atoms with van der Waals surface area (Å²) >= 11 is 24.2. The largest absolute Gasteiger partial charge is 0.339 e. The Labute approximate surface area is 166 Å². The first-order valence-electron chi connectivity index (χ1n) is 6.94. The third-order valence-corrected chi connectivity index (χ3v) is 4.47. The Morgan fingerprint density at radius 3 is 2.23 bits per heavy atom. The molecule has 0 saturated heterocycles. The zero-order valence-electron chi connectivity index (χ0n) is 12.6. The van der Waals surface area contributed by atoms with Gasteiger partial charge >= 0.3 is 0 Å². The maximum Gasteiger partial charge on any atom is 0.273 e. The van der Waals surface area contributed by atoms with Crippen LogP contribution in [0.25, 0.3) is 5.69 Å². The van der Waals surface area contributed by atoms with Crippen molar-refractivity contribution in [1.29, 1.82) is 0 Å². The molecule has 2 N–H and O–H groups in total.